The highest BCUT2D eigenvalue weighted by Crippen LogP contribution is 2.37. The molecule has 1 aromatic heterocycles. The molecule has 0 atom stereocenters. The number of carbonyl (C=O) groups is 2. The van der Waals surface area contributed by atoms with E-state index in [1.807, 2.05) is 24.3 Å². The Labute approximate surface area is 220 Å². The van der Waals surface area contributed by atoms with Gasteiger partial charge in [0.15, 0.2) is 5.70 Å². The monoisotopic (exact) mass is 582 g/mol. The van der Waals surface area contributed by atoms with Crippen LogP contribution in [0.15, 0.2) is 81.9 Å². The highest BCUT2D eigenvalue weighted by atomic mass is 79.9. The number of hydrogen-bond acceptors (Lipinski definition) is 8. The predicted octanol–water partition coefficient (Wildman–Crippen LogP) is 6.79. The summed E-state index contributed by atoms with van der Waals surface area (Å²) in [4.78, 5) is 40.4. The number of fused-ring (bicyclic) bond motifs is 1. The zero-order chi connectivity index (χ0) is 25.4. The SMILES string of the molecule is O=C1OC(c2sc3ccccc3c2Cl)=N/C1=C/c1cc(Br)ccc1OC(=O)c1ccc([N+](=O)[O-])cc1. The molecular weight excluding hydrogens is 572 g/mol. The fraction of sp³-hybridized carbons (Fsp3) is 0. The predicted molar refractivity (Wildman–Crippen MR) is 140 cm³/mol. The fourth-order valence-electron chi connectivity index (χ4n) is 3.41. The third kappa shape index (κ3) is 4.66. The van der Waals surface area contributed by atoms with Crippen molar-refractivity contribution in [3.8, 4) is 5.75 Å². The van der Waals surface area contributed by atoms with Crippen molar-refractivity contribution in [2.45, 2.75) is 0 Å². The van der Waals surface area contributed by atoms with Crippen molar-refractivity contribution in [1.82, 2.24) is 0 Å². The van der Waals surface area contributed by atoms with Gasteiger partial charge in [0.2, 0.25) is 5.90 Å². The molecule has 0 aliphatic carbocycles. The summed E-state index contributed by atoms with van der Waals surface area (Å²) in [6.07, 6.45) is 1.44. The Kier molecular flexibility index (Phi) is 6.40. The van der Waals surface area contributed by atoms with Gasteiger partial charge in [0, 0.05) is 32.3 Å². The second-order valence-corrected chi connectivity index (χ2v) is 9.80. The molecule has 1 aliphatic heterocycles. The topological polar surface area (TPSA) is 108 Å². The Hall–Kier alpha value is -3.86. The minimum Gasteiger partial charge on any atom is -0.422 e. The lowest BCUT2D eigenvalue weighted by molar-refractivity contribution is -0.384. The molecule has 0 N–H and O–H groups in total. The first-order valence-electron chi connectivity index (χ1n) is 10.3. The van der Waals surface area contributed by atoms with Crippen molar-refractivity contribution in [2.75, 3.05) is 0 Å². The van der Waals surface area contributed by atoms with E-state index in [1.165, 1.54) is 41.7 Å². The molecule has 0 radical (unpaired) electrons. The number of non-ortho nitro benzene ring substituents is 1. The van der Waals surface area contributed by atoms with Crippen LogP contribution in [-0.2, 0) is 9.53 Å². The number of esters is 2. The number of ether oxygens (including phenoxy) is 2. The molecule has 0 spiro atoms. The number of thiophene rings is 1. The van der Waals surface area contributed by atoms with Gasteiger partial charge in [-0.1, -0.05) is 45.7 Å². The van der Waals surface area contributed by atoms with Crippen molar-refractivity contribution in [3.05, 3.63) is 108 Å². The largest absolute Gasteiger partial charge is 0.422 e. The van der Waals surface area contributed by atoms with E-state index < -0.39 is 16.9 Å². The smallest absolute Gasteiger partial charge is 0.363 e. The third-order valence-electron chi connectivity index (χ3n) is 5.13. The molecule has 0 saturated heterocycles. The summed E-state index contributed by atoms with van der Waals surface area (Å²) in [7, 11) is 0. The normalized spacial score (nSPS) is 14.1. The molecule has 0 saturated carbocycles. The van der Waals surface area contributed by atoms with Crippen LogP contribution in [0.4, 0.5) is 5.69 Å². The number of hydrogen-bond donors (Lipinski definition) is 0. The second kappa shape index (κ2) is 9.65. The summed E-state index contributed by atoms with van der Waals surface area (Å²) in [6.45, 7) is 0. The van der Waals surface area contributed by atoms with Gasteiger partial charge in [-0.15, -0.1) is 11.3 Å². The fourth-order valence-corrected chi connectivity index (χ4v) is 5.23. The molecule has 0 amide bonds. The number of nitrogens with zero attached hydrogens (tertiary/aromatic N) is 2. The Morgan fingerprint density at radius 3 is 2.61 bits per heavy atom. The molecule has 3 aromatic carbocycles. The van der Waals surface area contributed by atoms with Crippen molar-refractivity contribution in [3.63, 3.8) is 0 Å². The van der Waals surface area contributed by atoms with Gasteiger partial charge in [-0.25, -0.2) is 14.6 Å². The van der Waals surface area contributed by atoms with Gasteiger partial charge in [-0.05, 0) is 42.5 Å². The van der Waals surface area contributed by atoms with Crippen molar-refractivity contribution >= 4 is 78.6 Å². The summed E-state index contributed by atoms with van der Waals surface area (Å²) < 4.78 is 12.5. The van der Waals surface area contributed by atoms with E-state index in [9.17, 15) is 19.7 Å². The van der Waals surface area contributed by atoms with Crippen LogP contribution >= 0.6 is 38.9 Å². The number of nitro benzene ring substituents is 1. The van der Waals surface area contributed by atoms with E-state index in [0.717, 1.165) is 10.1 Å². The molecule has 1 aliphatic rings. The molecule has 5 rings (SSSR count). The Morgan fingerprint density at radius 1 is 1.14 bits per heavy atom. The van der Waals surface area contributed by atoms with E-state index in [1.54, 1.807) is 18.2 Å². The molecule has 0 fully saturated rings. The Bertz CT molecular complexity index is 1630. The molecular formula is C25H12BrClN2O6S. The minimum absolute atomic E-state index is 0.00394. The first-order valence-corrected chi connectivity index (χ1v) is 12.2. The maximum Gasteiger partial charge on any atom is 0.363 e. The van der Waals surface area contributed by atoms with E-state index in [-0.39, 0.29) is 28.6 Å². The third-order valence-corrected chi connectivity index (χ3v) is 7.29. The molecule has 36 heavy (non-hydrogen) atoms. The van der Waals surface area contributed by atoms with Crippen LogP contribution in [0.5, 0.6) is 5.75 Å². The molecule has 0 bridgehead atoms. The molecule has 4 aromatic rings. The molecule has 2 heterocycles. The highest BCUT2D eigenvalue weighted by molar-refractivity contribution is 9.10. The molecule has 11 heteroatoms. The van der Waals surface area contributed by atoms with Gasteiger partial charge in [0.25, 0.3) is 5.69 Å². The quantitative estimate of drug-likeness (QED) is 0.0842. The Balaban J connectivity index is 1.46. The van der Waals surface area contributed by atoms with Gasteiger partial charge in [0.05, 0.1) is 15.5 Å². The lowest BCUT2D eigenvalue weighted by Crippen LogP contribution is -2.09. The average Bonchev–Trinajstić information content (AvgIpc) is 3.40. The first-order chi connectivity index (χ1) is 17.3. The van der Waals surface area contributed by atoms with Crippen LogP contribution in [0, 0.1) is 10.1 Å². The van der Waals surface area contributed by atoms with Gasteiger partial charge < -0.3 is 9.47 Å². The summed E-state index contributed by atoms with van der Waals surface area (Å²) in [5.74, 6) is -1.14. The van der Waals surface area contributed by atoms with E-state index in [2.05, 4.69) is 20.9 Å². The Morgan fingerprint density at radius 2 is 1.89 bits per heavy atom. The van der Waals surface area contributed by atoms with Crippen molar-refractivity contribution in [1.29, 1.82) is 0 Å². The first kappa shape index (κ1) is 23.9. The van der Waals surface area contributed by atoms with Crippen molar-refractivity contribution in [2.24, 2.45) is 4.99 Å². The van der Waals surface area contributed by atoms with E-state index >= 15 is 0 Å². The van der Waals surface area contributed by atoms with Crippen LogP contribution < -0.4 is 4.74 Å². The number of cyclic esters (lactones) is 1. The van der Waals surface area contributed by atoms with Crippen molar-refractivity contribution < 1.29 is 24.0 Å². The number of aliphatic imine (C=N–C) groups is 1. The van der Waals surface area contributed by atoms with E-state index in [4.69, 9.17) is 21.1 Å². The summed E-state index contributed by atoms with van der Waals surface area (Å²) in [5, 5.41) is 12.1. The molecule has 178 valence electrons. The highest BCUT2D eigenvalue weighted by Gasteiger charge is 2.28. The lowest BCUT2D eigenvalue weighted by Gasteiger charge is -2.08. The molecule has 0 unspecified atom stereocenters. The summed E-state index contributed by atoms with van der Waals surface area (Å²) >= 11 is 11.2. The number of benzene rings is 3. The standard InChI is InChI=1S/C25H12BrClN2O6S/c26-15-7-10-19(34-24(30)13-5-8-16(9-6-13)29(32)33)14(11-15)12-18-25(31)35-23(28-18)22-21(27)17-3-1-2-4-20(17)36-22/h1-12H/b18-12+. The van der Waals surface area contributed by atoms with Gasteiger partial charge >= 0.3 is 11.9 Å². The maximum atomic E-state index is 12.6. The van der Waals surface area contributed by atoms with E-state index in [0.29, 0.717) is 19.9 Å². The van der Waals surface area contributed by atoms with Crippen LogP contribution in [-0.4, -0.2) is 22.8 Å². The van der Waals surface area contributed by atoms with Crippen LogP contribution in [0.2, 0.25) is 5.02 Å². The number of carbonyl (C=O) groups excluding carboxylic acids is 2. The zero-order valence-corrected chi connectivity index (χ0v) is 21.1. The number of halogens is 2. The average molecular weight is 584 g/mol. The number of rotatable bonds is 5. The second-order valence-electron chi connectivity index (χ2n) is 7.45. The van der Waals surface area contributed by atoms with Crippen LogP contribution in [0.3, 0.4) is 0 Å². The van der Waals surface area contributed by atoms with Gasteiger partial charge in [-0.3, -0.25) is 10.1 Å². The maximum absolute atomic E-state index is 12.6. The van der Waals surface area contributed by atoms with Gasteiger partial charge in [0.1, 0.15) is 10.6 Å². The van der Waals surface area contributed by atoms with Crippen LogP contribution in [0.25, 0.3) is 16.2 Å². The number of nitro groups is 1. The summed E-state index contributed by atoms with van der Waals surface area (Å²) in [6, 6.07) is 17.4. The minimum atomic E-state index is -0.720. The molecule has 8 nitrogen and oxygen atoms in total. The van der Waals surface area contributed by atoms with Crippen LogP contribution in [0.1, 0.15) is 20.8 Å². The van der Waals surface area contributed by atoms with Gasteiger partial charge in [-0.2, -0.15) is 0 Å². The summed E-state index contributed by atoms with van der Waals surface area (Å²) in [5.41, 5.74) is 0.373. The zero-order valence-electron chi connectivity index (χ0n) is 17.9. The lowest BCUT2D eigenvalue weighted by atomic mass is 10.1.